The molecule has 2 unspecified atom stereocenters. The first-order valence-corrected chi connectivity index (χ1v) is 19.3. The number of carbonyl (C=O) groups excluding carboxylic acids is 2. The molecule has 2 atom stereocenters. The SMILES string of the molecule is CCCCCCC1([Si](C)(C)C)C=C2C(=O)C(=O)C3=CC([Si](C)(C)C)SC3=C2S1. The van der Waals surface area contributed by atoms with Crippen molar-refractivity contribution < 1.29 is 9.59 Å². The number of Topliss-reactive ketones (excluding diaryl/α,β-unsaturated/α-hetero) is 2. The molecule has 0 amide bonds. The summed E-state index contributed by atoms with van der Waals surface area (Å²) in [4.78, 5) is 28.5. The maximum atomic E-state index is 13.0. The molecule has 1 aliphatic carbocycles. The van der Waals surface area contributed by atoms with Gasteiger partial charge >= 0.3 is 0 Å². The van der Waals surface area contributed by atoms with Gasteiger partial charge in [0.1, 0.15) is 0 Å². The third-order valence-electron chi connectivity index (χ3n) is 6.14. The average Bonchev–Trinajstić information content (AvgIpc) is 3.18. The number of carbonyl (C=O) groups is 2. The Bertz CT molecular complexity index is 796. The van der Waals surface area contributed by atoms with E-state index in [1.165, 1.54) is 25.7 Å². The molecule has 0 aromatic rings. The Morgan fingerprint density at radius 3 is 2.14 bits per heavy atom. The third kappa shape index (κ3) is 3.86. The first kappa shape index (κ1) is 22.4. The molecule has 3 rings (SSSR count). The zero-order chi connectivity index (χ0) is 20.9. The van der Waals surface area contributed by atoms with Gasteiger partial charge in [0.2, 0.25) is 11.6 Å². The second-order valence-electron chi connectivity index (χ2n) is 10.4. The Hall–Kier alpha value is -0.306. The van der Waals surface area contributed by atoms with Gasteiger partial charge in [-0.2, -0.15) is 0 Å². The summed E-state index contributed by atoms with van der Waals surface area (Å²) in [7, 11) is -3.05. The number of hydrogen-bond acceptors (Lipinski definition) is 4. The largest absolute Gasteiger partial charge is 0.285 e. The molecule has 0 radical (unpaired) electrons. The lowest BCUT2D eigenvalue weighted by atomic mass is 9.93. The minimum atomic E-state index is -1.60. The summed E-state index contributed by atoms with van der Waals surface area (Å²) in [5.74, 6) is -0.529. The second-order valence-corrected chi connectivity index (χ2v) is 24.4. The molecule has 0 fully saturated rings. The van der Waals surface area contributed by atoms with Crippen molar-refractivity contribution in [1.29, 1.82) is 0 Å². The number of unbranched alkanes of at least 4 members (excludes halogenated alkanes) is 3. The topological polar surface area (TPSA) is 34.1 Å². The normalized spacial score (nSPS) is 27.8. The number of ketones is 2. The first-order valence-electron chi connectivity index (χ1n) is 10.6. The molecular formula is C22H34O2S2Si2. The van der Waals surface area contributed by atoms with Crippen molar-refractivity contribution >= 4 is 51.2 Å². The van der Waals surface area contributed by atoms with E-state index in [2.05, 4.69) is 58.4 Å². The molecule has 0 saturated heterocycles. The van der Waals surface area contributed by atoms with Crippen LogP contribution in [0.1, 0.15) is 39.0 Å². The molecule has 0 saturated carbocycles. The number of rotatable bonds is 7. The summed E-state index contributed by atoms with van der Waals surface area (Å²) in [6.45, 7) is 16.5. The highest BCUT2D eigenvalue weighted by Crippen LogP contribution is 2.59. The minimum Gasteiger partial charge on any atom is -0.285 e. The lowest BCUT2D eigenvalue weighted by molar-refractivity contribution is -0.131. The molecule has 28 heavy (non-hydrogen) atoms. The van der Waals surface area contributed by atoms with Crippen molar-refractivity contribution in [2.75, 3.05) is 0 Å². The van der Waals surface area contributed by atoms with Crippen molar-refractivity contribution in [1.82, 2.24) is 0 Å². The van der Waals surface area contributed by atoms with Crippen molar-refractivity contribution in [2.45, 2.75) is 87.6 Å². The van der Waals surface area contributed by atoms with Gasteiger partial charge in [-0.05, 0) is 6.42 Å². The molecule has 2 nitrogen and oxygen atoms in total. The van der Waals surface area contributed by atoms with E-state index in [1.54, 1.807) is 0 Å². The van der Waals surface area contributed by atoms with Crippen LogP contribution < -0.4 is 0 Å². The maximum Gasteiger partial charge on any atom is 0.234 e. The van der Waals surface area contributed by atoms with Gasteiger partial charge in [0.25, 0.3) is 0 Å². The van der Waals surface area contributed by atoms with Crippen molar-refractivity contribution in [3.05, 3.63) is 33.1 Å². The Morgan fingerprint density at radius 2 is 1.57 bits per heavy atom. The fourth-order valence-electron chi connectivity index (χ4n) is 4.06. The molecule has 3 aliphatic rings. The first-order chi connectivity index (χ1) is 12.9. The van der Waals surface area contributed by atoms with Crippen LogP contribution in [0.5, 0.6) is 0 Å². The number of hydrogen-bond donors (Lipinski definition) is 0. The van der Waals surface area contributed by atoms with E-state index < -0.39 is 16.1 Å². The molecule has 2 aliphatic heterocycles. The van der Waals surface area contributed by atoms with Crippen LogP contribution in [0.3, 0.4) is 0 Å². The van der Waals surface area contributed by atoms with Crippen LogP contribution in [-0.2, 0) is 9.59 Å². The van der Waals surface area contributed by atoms with Gasteiger partial charge in [-0.15, -0.1) is 23.5 Å². The van der Waals surface area contributed by atoms with Gasteiger partial charge in [-0.3, -0.25) is 9.59 Å². The van der Waals surface area contributed by atoms with Gasteiger partial charge in [0, 0.05) is 30.2 Å². The van der Waals surface area contributed by atoms with Crippen molar-refractivity contribution in [2.24, 2.45) is 0 Å². The standard InChI is InChI=1S/C22H34O2S2Si2/c1-8-9-10-11-12-22(28(5,6)7)14-16-19(24)18(23)15-13-17(27(2,3)4)25-20(15)21(16)26-22/h13-14,17H,8-12H2,1-7H3. The molecule has 154 valence electrons. The van der Waals surface area contributed by atoms with Crippen LogP contribution in [0, 0.1) is 0 Å². The van der Waals surface area contributed by atoms with Crippen LogP contribution >= 0.6 is 23.5 Å². The van der Waals surface area contributed by atoms with Crippen molar-refractivity contribution in [3.63, 3.8) is 0 Å². The third-order valence-corrected chi connectivity index (χ3v) is 18.1. The average molecular weight is 451 g/mol. The van der Waals surface area contributed by atoms with Crippen LogP contribution in [0.25, 0.3) is 0 Å². The van der Waals surface area contributed by atoms with Gasteiger partial charge in [-0.25, -0.2) is 0 Å². The zero-order valence-electron chi connectivity index (χ0n) is 18.4. The Balaban J connectivity index is 2.02. The van der Waals surface area contributed by atoms with E-state index in [9.17, 15) is 9.59 Å². The lowest BCUT2D eigenvalue weighted by Gasteiger charge is -2.38. The number of fused-ring (bicyclic) bond motifs is 2. The molecule has 2 heterocycles. The van der Waals surface area contributed by atoms with E-state index in [4.69, 9.17) is 0 Å². The smallest absolute Gasteiger partial charge is 0.234 e. The quantitative estimate of drug-likeness (QED) is 0.251. The zero-order valence-corrected chi connectivity index (χ0v) is 22.0. The molecule has 6 heteroatoms. The minimum absolute atomic E-state index is 0.0294. The Morgan fingerprint density at radius 1 is 0.929 bits per heavy atom. The molecule has 0 bridgehead atoms. The van der Waals surface area contributed by atoms with E-state index in [0.29, 0.717) is 10.4 Å². The lowest BCUT2D eigenvalue weighted by Crippen LogP contribution is -2.47. The fraction of sp³-hybridized carbons (Fsp3) is 0.636. The van der Waals surface area contributed by atoms with E-state index in [1.807, 2.05) is 23.5 Å². The van der Waals surface area contributed by atoms with Crippen LogP contribution in [0.15, 0.2) is 33.1 Å². The highest BCUT2D eigenvalue weighted by Gasteiger charge is 2.52. The monoisotopic (exact) mass is 450 g/mol. The van der Waals surface area contributed by atoms with Gasteiger partial charge in [0.15, 0.2) is 0 Å². The molecule has 0 aromatic heterocycles. The molecule has 0 spiro atoms. The van der Waals surface area contributed by atoms with Gasteiger partial charge in [-0.1, -0.05) is 84.0 Å². The Kier molecular flexibility index (Phi) is 6.19. The summed E-state index contributed by atoms with van der Waals surface area (Å²) in [6, 6.07) is 0. The molecular weight excluding hydrogens is 417 g/mol. The van der Waals surface area contributed by atoms with Crippen LogP contribution in [0.2, 0.25) is 39.3 Å². The number of allylic oxidation sites excluding steroid dienone is 2. The van der Waals surface area contributed by atoms with Crippen LogP contribution in [0.4, 0.5) is 0 Å². The molecule has 0 N–H and O–H groups in total. The van der Waals surface area contributed by atoms with E-state index in [0.717, 1.165) is 21.8 Å². The Labute approximate surface area is 181 Å². The summed E-state index contributed by atoms with van der Waals surface area (Å²) in [5, 5.41) is 0. The summed E-state index contributed by atoms with van der Waals surface area (Å²) in [6.07, 6.45) is 10.4. The van der Waals surface area contributed by atoms with Gasteiger partial charge < -0.3 is 0 Å². The highest BCUT2D eigenvalue weighted by molar-refractivity contribution is 8.10. The predicted molar refractivity (Wildman–Crippen MR) is 130 cm³/mol. The fourth-order valence-corrected chi connectivity index (χ4v) is 12.0. The van der Waals surface area contributed by atoms with Gasteiger partial charge in [0.05, 0.1) is 16.1 Å². The van der Waals surface area contributed by atoms with E-state index >= 15 is 0 Å². The summed E-state index contributed by atoms with van der Waals surface area (Å²) in [5.41, 5.74) is 1.43. The van der Waals surface area contributed by atoms with Crippen LogP contribution in [-0.4, -0.2) is 37.0 Å². The summed E-state index contributed by atoms with van der Waals surface area (Å²) < 4.78 is 0.0294. The maximum absolute atomic E-state index is 13.0. The molecule has 0 aromatic carbocycles. The highest BCUT2D eigenvalue weighted by atomic mass is 32.2. The second kappa shape index (κ2) is 7.75. The predicted octanol–water partition coefficient (Wildman–Crippen LogP) is 6.53. The van der Waals surface area contributed by atoms with E-state index in [-0.39, 0.29) is 15.9 Å². The summed E-state index contributed by atoms with van der Waals surface area (Å²) >= 11 is 3.79. The number of thioether (sulfide) groups is 2. The van der Waals surface area contributed by atoms with Crippen molar-refractivity contribution in [3.8, 4) is 0 Å².